The average Bonchev–Trinajstić information content (AvgIpc) is 2.97. The van der Waals surface area contributed by atoms with Crippen LogP contribution < -0.4 is 5.32 Å². The van der Waals surface area contributed by atoms with E-state index in [1.54, 1.807) is 6.08 Å². The SMILES string of the molecule is CCN(CC)CCNC(=O)C1=CCC(C(=O)ON2C(=O)CCC2=O)CC1. The molecule has 1 aliphatic carbocycles. The van der Waals surface area contributed by atoms with Gasteiger partial charge in [0.1, 0.15) is 0 Å². The Morgan fingerprint density at radius 2 is 1.85 bits per heavy atom. The number of likely N-dealkylation sites (N-methyl/N-ethyl adjacent to an activating group) is 1. The van der Waals surface area contributed by atoms with Crippen LogP contribution in [-0.2, 0) is 24.0 Å². The van der Waals surface area contributed by atoms with Crippen LogP contribution in [0.2, 0.25) is 0 Å². The number of carbonyl (C=O) groups excluding carboxylic acids is 4. The maximum atomic E-state index is 12.2. The second kappa shape index (κ2) is 9.47. The lowest BCUT2D eigenvalue weighted by atomic mass is 9.89. The molecule has 144 valence electrons. The summed E-state index contributed by atoms with van der Waals surface area (Å²) in [5.41, 5.74) is 0.668. The van der Waals surface area contributed by atoms with Gasteiger partial charge in [-0.15, -0.1) is 5.06 Å². The number of hydrogen-bond donors (Lipinski definition) is 1. The van der Waals surface area contributed by atoms with E-state index in [-0.39, 0.29) is 18.7 Å². The van der Waals surface area contributed by atoms with Gasteiger partial charge in [-0.2, -0.15) is 0 Å². The van der Waals surface area contributed by atoms with Crippen LogP contribution in [0.25, 0.3) is 0 Å². The van der Waals surface area contributed by atoms with Crippen molar-refractivity contribution in [3.05, 3.63) is 11.6 Å². The molecule has 0 radical (unpaired) electrons. The molecule has 26 heavy (non-hydrogen) atoms. The first-order valence-corrected chi connectivity index (χ1v) is 9.23. The Kier molecular flexibility index (Phi) is 7.32. The van der Waals surface area contributed by atoms with Crippen molar-refractivity contribution >= 4 is 23.7 Å². The van der Waals surface area contributed by atoms with Crippen LogP contribution in [0.1, 0.15) is 46.0 Å². The van der Waals surface area contributed by atoms with E-state index in [2.05, 4.69) is 24.1 Å². The summed E-state index contributed by atoms with van der Waals surface area (Å²) in [6, 6.07) is 0. The second-order valence-corrected chi connectivity index (χ2v) is 6.48. The molecule has 1 heterocycles. The molecule has 0 aromatic rings. The van der Waals surface area contributed by atoms with Crippen LogP contribution in [0.3, 0.4) is 0 Å². The Morgan fingerprint density at radius 3 is 2.38 bits per heavy atom. The zero-order chi connectivity index (χ0) is 19.1. The van der Waals surface area contributed by atoms with Crippen LogP contribution in [0, 0.1) is 5.92 Å². The molecule has 1 unspecified atom stereocenters. The molecule has 0 spiro atoms. The maximum Gasteiger partial charge on any atom is 0.336 e. The second-order valence-electron chi connectivity index (χ2n) is 6.48. The van der Waals surface area contributed by atoms with Gasteiger partial charge < -0.3 is 15.1 Å². The molecule has 1 atom stereocenters. The molecule has 1 N–H and O–H groups in total. The highest BCUT2D eigenvalue weighted by Gasteiger charge is 2.35. The lowest BCUT2D eigenvalue weighted by molar-refractivity contribution is -0.200. The molecule has 0 bridgehead atoms. The smallest absolute Gasteiger partial charge is 0.336 e. The molecule has 0 aromatic carbocycles. The lowest BCUT2D eigenvalue weighted by Gasteiger charge is -2.22. The van der Waals surface area contributed by atoms with Crippen LogP contribution in [-0.4, -0.2) is 59.8 Å². The van der Waals surface area contributed by atoms with Gasteiger partial charge in [-0.3, -0.25) is 14.4 Å². The van der Waals surface area contributed by atoms with Gasteiger partial charge in [0.2, 0.25) is 5.91 Å². The minimum atomic E-state index is -0.592. The van der Waals surface area contributed by atoms with Crippen molar-refractivity contribution in [2.75, 3.05) is 26.2 Å². The normalized spacial score (nSPS) is 20.3. The molecule has 2 rings (SSSR count). The summed E-state index contributed by atoms with van der Waals surface area (Å²) >= 11 is 0. The number of allylic oxidation sites excluding steroid dienone is 1. The van der Waals surface area contributed by atoms with E-state index in [0.717, 1.165) is 19.6 Å². The molecular formula is C18H27N3O5. The highest BCUT2D eigenvalue weighted by molar-refractivity contribution is 6.01. The Balaban J connectivity index is 1.78. The van der Waals surface area contributed by atoms with E-state index in [4.69, 9.17) is 4.84 Å². The van der Waals surface area contributed by atoms with Crippen LogP contribution in [0.4, 0.5) is 0 Å². The Morgan fingerprint density at radius 1 is 1.19 bits per heavy atom. The van der Waals surface area contributed by atoms with E-state index < -0.39 is 23.7 Å². The largest absolute Gasteiger partial charge is 0.351 e. The summed E-state index contributed by atoms with van der Waals surface area (Å²) in [5, 5.41) is 3.47. The first-order valence-electron chi connectivity index (χ1n) is 9.23. The first-order chi connectivity index (χ1) is 12.5. The van der Waals surface area contributed by atoms with Crippen molar-refractivity contribution in [1.29, 1.82) is 0 Å². The van der Waals surface area contributed by atoms with Crippen LogP contribution >= 0.6 is 0 Å². The lowest BCUT2D eigenvalue weighted by Crippen LogP contribution is -2.37. The predicted octanol–water partition coefficient (Wildman–Crippen LogP) is 0.778. The number of carbonyl (C=O) groups is 4. The fraction of sp³-hybridized carbons (Fsp3) is 0.667. The van der Waals surface area contributed by atoms with Crippen molar-refractivity contribution in [2.45, 2.75) is 46.0 Å². The number of amides is 3. The zero-order valence-corrected chi connectivity index (χ0v) is 15.5. The standard InChI is InChI=1S/C18H27N3O5/c1-3-20(4-2)12-11-19-17(24)13-5-7-14(8-6-13)18(25)26-21-15(22)9-10-16(21)23/h5,14H,3-4,6-12H2,1-2H3,(H,19,24). The van der Waals surface area contributed by atoms with Gasteiger partial charge in [0.15, 0.2) is 0 Å². The third-order valence-corrected chi connectivity index (χ3v) is 4.83. The van der Waals surface area contributed by atoms with Crippen LogP contribution in [0.15, 0.2) is 11.6 Å². The average molecular weight is 365 g/mol. The fourth-order valence-electron chi connectivity index (χ4n) is 3.06. The third kappa shape index (κ3) is 5.14. The summed E-state index contributed by atoms with van der Waals surface area (Å²) in [4.78, 5) is 54.5. The summed E-state index contributed by atoms with van der Waals surface area (Å²) < 4.78 is 0. The van der Waals surface area contributed by atoms with Gasteiger partial charge in [-0.05, 0) is 32.4 Å². The number of hydroxylamine groups is 2. The molecule has 8 heteroatoms. The third-order valence-electron chi connectivity index (χ3n) is 4.83. The minimum Gasteiger partial charge on any atom is -0.351 e. The summed E-state index contributed by atoms with van der Waals surface area (Å²) in [7, 11) is 0. The topological polar surface area (TPSA) is 96.0 Å². The monoisotopic (exact) mass is 365 g/mol. The van der Waals surface area contributed by atoms with Gasteiger partial charge in [0.05, 0.1) is 5.92 Å². The predicted molar refractivity (Wildman–Crippen MR) is 93.4 cm³/mol. The summed E-state index contributed by atoms with van der Waals surface area (Å²) in [6.45, 7) is 7.44. The number of nitrogens with one attached hydrogen (secondary N) is 1. The Hall–Kier alpha value is -2.22. The molecule has 1 aliphatic heterocycles. The van der Waals surface area contributed by atoms with Crippen molar-refractivity contribution in [3.8, 4) is 0 Å². The number of hydrogen-bond acceptors (Lipinski definition) is 6. The molecule has 3 amide bonds. The van der Waals surface area contributed by atoms with Crippen molar-refractivity contribution in [3.63, 3.8) is 0 Å². The van der Waals surface area contributed by atoms with Crippen molar-refractivity contribution < 1.29 is 24.0 Å². The molecule has 1 fully saturated rings. The highest BCUT2D eigenvalue weighted by Crippen LogP contribution is 2.26. The fourth-order valence-corrected chi connectivity index (χ4v) is 3.06. The Labute approximate surface area is 153 Å². The summed E-state index contributed by atoms with van der Waals surface area (Å²) in [5.74, 6) is -2.10. The van der Waals surface area contributed by atoms with Gasteiger partial charge >= 0.3 is 5.97 Å². The molecule has 0 saturated carbocycles. The quantitative estimate of drug-likeness (QED) is 0.639. The van der Waals surface area contributed by atoms with Gasteiger partial charge in [0.25, 0.3) is 11.8 Å². The van der Waals surface area contributed by atoms with E-state index in [9.17, 15) is 19.2 Å². The minimum absolute atomic E-state index is 0.0779. The van der Waals surface area contributed by atoms with Gasteiger partial charge in [-0.1, -0.05) is 19.9 Å². The molecule has 2 aliphatic rings. The van der Waals surface area contributed by atoms with E-state index in [1.807, 2.05) is 0 Å². The van der Waals surface area contributed by atoms with E-state index in [1.165, 1.54) is 0 Å². The first kappa shape index (κ1) is 20.1. The van der Waals surface area contributed by atoms with Crippen molar-refractivity contribution in [1.82, 2.24) is 15.3 Å². The molecule has 0 aromatic heterocycles. The van der Waals surface area contributed by atoms with Crippen LogP contribution in [0.5, 0.6) is 0 Å². The van der Waals surface area contributed by atoms with E-state index in [0.29, 0.717) is 36.4 Å². The molecule has 8 nitrogen and oxygen atoms in total. The molecule has 1 saturated heterocycles. The zero-order valence-electron chi connectivity index (χ0n) is 15.5. The number of rotatable bonds is 8. The Bertz CT molecular complexity index is 582. The van der Waals surface area contributed by atoms with E-state index >= 15 is 0 Å². The molecular weight excluding hydrogens is 338 g/mol. The van der Waals surface area contributed by atoms with Gasteiger partial charge in [-0.25, -0.2) is 4.79 Å². The highest BCUT2D eigenvalue weighted by atomic mass is 16.7. The number of nitrogens with zero attached hydrogens (tertiary/aromatic N) is 2. The van der Waals surface area contributed by atoms with Gasteiger partial charge in [0, 0.05) is 31.5 Å². The van der Waals surface area contributed by atoms with Crippen molar-refractivity contribution in [2.24, 2.45) is 5.92 Å². The maximum absolute atomic E-state index is 12.2. The number of imide groups is 1. The summed E-state index contributed by atoms with van der Waals surface area (Å²) in [6.07, 6.45) is 3.20.